The van der Waals surface area contributed by atoms with Gasteiger partial charge >= 0.3 is 0 Å². The molecule has 3 aromatic rings. The molecule has 1 fully saturated rings. The van der Waals surface area contributed by atoms with Gasteiger partial charge in [0, 0.05) is 37.3 Å². The number of hydrogen-bond donors (Lipinski definition) is 5. The van der Waals surface area contributed by atoms with Gasteiger partial charge in [0.05, 0.1) is 4.90 Å². The Kier molecular flexibility index (Phi) is 8.28. The van der Waals surface area contributed by atoms with E-state index in [0.717, 1.165) is 23.6 Å². The maximum Gasteiger partial charge on any atom is 0.241 e. The molecule has 0 saturated carbocycles. The largest absolute Gasteiger partial charge is 0.398 e. The van der Waals surface area contributed by atoms with Gasteiger partial charge in [-0.3, -0.25) is 15.0 Å². The third-order valence-electron chi connectivity index (χ3n) is 6.72. The minimum absolute atomic E-state index is 0.00921. The second kappa shape index (κ2) is 11.6. The van der Waals surface area contributed by atoms with Gasteiger partial charge in [0.15, 0.2) is 11.7 Å². The number of carbonyl (C=O) groups is 2. The number of nitrogens with two attached hydrogens (primary N) is 2. The first-order valence-electron chi connectivity index (χ1n) is 12.4. The van der Waals surface area contributed by atoms with Crippen molar-refractivity contribution in [2.24, 2.45) is 11.7 Å². The Hall–Kier alpha value is -3.96. The molecule has 4 rings (SSSR count). The lowest BCUT2D eigenvalue weighted by Crippen LogP contribution is -2.50. The summed E-state index contributed by atoms with van der Waals surface area (Å²) in [5.41, 5.74) is 12.0. The number of fused-ring (bicyclic) bond motifs is 1. The van der Waals surface area contributed by atoms with Gasteiger partial charge in [0.1, 0.15) is 6.04 Å². The van der Waals surface area contributed by atoms with Crippen molar-refractivity contribution in [3.63, 3.8) is 0 Å². The minimum Gasteiger partial charge on any atom is -0.398 e. The molecule has 200 valence electrons. The van der Waals surface area contributed by atoms with Gasteiger partial charge in [0.2, 0.25) is 15.9 Å². The number of piperidine rings is 1. The summed E-state index contributed by atoms with van der Waals surface area (Å²) in [6, 6.07) is 17.1. The van der Waals surface area contributed by atoms with E-state index in [9.17, 15) is 18.0 Å². The van der Waals surface area contributed by atoms with Crippen LogP contribution in [0.1, 0.15) is 29.6 Å². The maximum atomic E-state index is 13.3. The SMILES string of the molecule is N=C(N)N1CCCC(CNC(=O)[C@@H](CC(=O)c2ccccc2N)NS(=O)(=O)c2ccc3ccccc3c2)C1. The van der Waals surface area contributed by atoms with Crippen LogP contribution in [0.5, 0.6) is 0 Å². The van der Waals surface area contributed by atoms with Gasteiger partial charge in [-0.2, -0.15) is 4.72 Å². The van der Waals surface area contributed by atoms with Crippen LogP contribution in [-0.4, -0.2) is 56.6 Å². The Morgan fingerprint density at radius 3 is 2.50 bits per heavy atom. The number of ketones is 1. The molecular formula is C27H32N6O4S. The first kappa shape index (κ1) is 27.1. The van der Waals surface area contributed by atoms with Gasteiger partial charge in [-0.1, -0.05) is 42.5 Å². The highest BCUT2D eigenvalue weighted by Gasteiger charge is 2.30. The third kappa shape index (κ3) is 6.48. The summed E-state index contributed by atoms with van der Waals surface area (Å²) >= 11 is 0. The number of benzene rings is 3. The molecule has 0 aromatic heterocycles. The van der Waals surface area contributed by atoms with E-state index in [4.69, 9.17) is 16.9 Å². The Morgan fingerprint density at radius 1 is 1.05 bits per heavy atom. The number of nitrogen functional groups attached to an aromatic ring is 1. The van der Waals surface area contributed by atoms with E-state index < -0.39 is 34.2 Å². The van der Waals surface area contributed by atoms with E-state index in [-0.39, 0.29) is 34.6 Å². The van der Waals surface area contributed by atoms with E-state index in [1.54, 1.807) is 41.3 Å². The molecule has 1 aliphatic rings. The lowest BCUT2D eigenvalue weighted by atomic mass is 9.97. The number of sulfonamides is 1. The molecule has 3 aromatic carbocycles. The Bertz CT molecular complexity index is 1460. The number of Topliss-reactive ketones (excluding diaryl/α,β-unsaturated/α-hetero) is 1. The third-order valence-corrected chi connectivity index (χ3v) is 8.19. The second-order valence-corrected chi connectivity index (χ2v) is 11.2. The fourth-order valence-electron chi connectivity index (χ4n) is 4.64. The smallest absolute Gasteiger partial charge is 0.241 e. The van der Waals surface area contributed by atoms with Crippen LogP contribution < -0.4 is 21.5 Å². The first-order valence-corrected chi connectivity index (χ1v) is 13.9. The highest BCUT2D eigenvalue weighted by atomic mass is 32.2. The molecule has 0 radical (unpaired) electrons. The second-order valence-electron chi connectivity index (χ2n) is 9.48. The zero-order chi connectivity index (χ0) is 27.3. The molecule has 1 heterocycles. The zero-order valence-corrected chi connectivity index (χ0v) is 21.7. The van der Waals surface area contributed by atoms with Gasteiger partial charge in [-0.15, -0.1) is 0 Å². The number of rotatable bonds is 9. The molecular weight excluding hydrogens is 504 g/mol. The predicted molar refractivity (Wildman–Crippen MR) is 147 cm³/mol. The standard InChI is InChI=1S/C27H32N6O4S/c28-23-10-4-3-9-22(23)25(34)15-24(26(35)31-16-18-6-5-13-33(17-18)27(29)30)32-38(36,37)21-12-11-19-7-1-2-8-20(19)14-21/h1-4,7-12,14,18,24,32H,5-6,13,15-17,28H2,(H3,29,30)(H,31,35)/t18?,24-/m1/s1. The summed E-state index contributed by atoms with van der Waals surface area (Å²) in [6.45, 7) is 1.46. The number of hydrogen-bond acceptors (Lipinski definition) is 6. The van der Waals surface area contributed by atoms with Crippen LogP contribution in [0, 0.1) is 11.3 Å². The molecule has 11 heteroatoms. The van der Waals surface area contributed by atoms with E-state index in [2.05, 4.69) is 10.0 Å². The van der Waals surface area contributed by atoms with Crippen LogP contribution in [0.25, 0.3) is 10.8 Å². The van der Waals surface area contributed by atoms with Crippen molar-refractivity contribution in [1.29, 1.82) is 5.41 Å². The molecule has 38 heavy (non-hydrogen) atoms. The molecule has 1 amide bonds. The van der Waals surface area contributed by atoms with Crippen molar-refractivity contribution >= 4 is 44.1 Å². The van der Waals surface area contributed by atoms with Crippen molar-refractivity contribution in [3.05, 3.63) is 72.3 Å². The van der Waals surface area contributed by atoms with Crippen molar-refractivity contribution in [2.75, 3.05) is 25.4 Å². The monoisotopic (exact) mass is 536 g/mol. The van der Waals surface area contributed by atoms with Crippen molar-refractivity contribution in [1.82, 2.24) is 14.9 Å². The van der Waals surface area contributed by atoms with Crippen LogP contribution in [-0.2, 0) is 14.8 Å². The van der Waals surface area contributed by atoms with E-state index in [1.807, 2.05) is 18.2 Å². The summed E-state index contributed by atoms with van der Waals surface area (Å²) in [5.74, 6) is -1.05. The normalized spacial score (nSPS) is 16.6. The number of anilines is 1. The number of nitrogens with zero attached hydrogens (tertiary/aromatic N) is 1. The maximum absolute atomic E-state index is 13.3. The van der Waals surface area contributed by atoms with Gasteiger partial charge in [-0.05, 0) is 53.8 Å². The van der Waals surface area contributed by atoms with Crippen molar-refractivity contribution < 1.29 is 18.0 Å². The molecule has 0 spiro atoms. The molecule has 0 bridgehead atoms. The average molecular weight is 537 g/mol. The van der Waals surface area contributed by atoms with Crippen molar-refractivity contribution in [2.45, 2.75) is 30.2 Å². The Labute approximate surface area is 221 Å². The molecule has 10 nitrogen and oxygen atoms in total. The fourth-order valence-corrected chi connectivity index (χ4v) is 5.87. The summed E-state index contributed by atoms with van der Waals surface area (Å²) in [7, 11) is -4.14. The molecule has 1 unspecified atom stereocenters. The molecule has 0 aliphatic carbocycles. The Morgan fingerprint density at radius 2 is 1.76 bits per heavy atom. The fraction of sp³-hybridized carbons (Fsp3) is 0.296. The van der Waals surface area contributed by atoms with E-state index in [0.29, 0.717) is 13.1 Å². The van der Waals surface area contributed by atoms with Gasteiger partial charge < -0.3 is 21.7 Å². The summed E-state index contributed by atoms with van der Waals surface area (Å²) in [5, 5.41) is 12.1. The predicted octanol–water partition coefficient (Wildman–Crippen LogP) is 2.06. The lowest BCUT2D eigenvalue weighted by Gasteiger charge is -2.33. The Balaban J connectivity index is 1.54. The van der Waals surface area contributed by atoms with Crippen LogP contribution in [0.4, 0.5) is 5.69 Å². The molecule has 2 atom stereocenters. The van der Waals surface area contributed by atoms with Crippen LogP contribution in [0.3, 0.4) is 0 Å². The highest BCUT2D eigenvalue weighted by Crippen LogP contribution is 2.21. The van der Waals surface area contributed by atoms with Gasteiger partial charge in [0.25, 0.3) is 0 Å². The molecule has 1 aliphatic heterocycles. The lowest BCUT2D eigenvalue weighted by molar-refractivity contribution is -0.122. The van der Waals surface area contributed by atoms with Gasteiger partial charge in [-0.25, -0.2) is 8.42 Å². The highest BCUT2D eigenvalue weighted by molar-refractivity contribution is 7.89. The number of guanidine groups is 1. The number of carbonyl (C=O) groups excluding carboxylic acids is 2. The summed E-state index contributed by atoms with van der Waals surface area (Å²) in [4.78, 5) is 28.1. The van der Waals surface area contributed by atoms with E-state index >= 15 is 0 Å². The van der Waals surface area contributed by atoms with Crippen molar-refractivity contribution in [3.8, 4) is 0 Å². The topological polar surface area (TPSA) is 171 Å². The van der Waals surface area contributed by atoms with E-state index in [1.165, 1.54) is 12.1 Å². The molecule has 1 saturated heterocycles. The number of nitrogens with one attached hydrogen (secondary N) is 3. The zero-order valence-electron chi connectivity index (χ0n) is 20.9. The average Bonchev–Trinajstić information content (AvgIpc) is 2.91. The van der Waals surface area contributed by atoms with Crippen LogP contribution in [0.15, 0.2) is 71.6 Å². The molecule has 7 N–H and O–H groups in total. The van der Waals surface area contributed by atoms with Crippen LogP contribution in [0.2, 0.25) is 0 Å². The number of amides is 1. The first-order chi connectivity index (χ1) is 18.1. The quantitative estimate of drug-likeness (QED) is 0.120. The summed E-state index contributed by atoms with van der Waals surface area (Å²) in [6.07, 6.45) is 1.25. The number of likely N-dealkylation sites (tertiary alicyclic amines) is 1. The summed E-state index contributed by atoms with van der Waals surface area (Å²) < 4.78 is 29.1. The van der Waals surface area contributed by atoms with Crippen LogP contribution >= 0.6 is 0 Å². The number of para-hydroxylation sites is 1. The minimum atomic E-state index is -4.14.